The van der Waals surface area contributed by atoms with Gasteiger partial charge in [-0.15, -0.1) is 0 Å². The molecule has 0 bridgehead atoms. The lowest BCUT2D eigenvalue weighted by atomic mass is 10.3. The molecule has 0 radical (unpaired) electrons. The van der Waals surface area contributed by atoms with Crippen LogP contribution in [0.3, 0.4) is 0 Å². The maximum absolute atomic E-state index is 11.0. The van der Waals surface area contributed by atoms with Gasteiger partial charge in [0.1, 0.15) is 5.02 Å². The highest BCUT2D eigenvalue weighted by Crippen LogP contribution is 2.40. The number of aliphatic imine (C=N–C) groups is 1. The molecule has 1 rings (SSSR count). The second kappa shape index (κ2) is 6.58. The Morgan fingerprint density at radius 1 is 1.72 bits per heavy atom. The summed E-state index contributed by atoms with van der Waals surface area (Å²) >= 11 is 10.1. The van der Waals surface area contributed by atoms with Crippen molar-refractivity contribution in [1.82, 2.24) is 5.32 Å². The van der Waals surface area contributed by atoms with Gasteiger partial charge in [-0.25, -0.2) is 4.99 Å². The van der Waals surface area contributed by atoms with Crippen molar-refractivity contribution in [2.75, 3.05) is 6.26 Å². The first-order valence-electron chi connectivity index (χ1n) is 4.41. The number of nitrogens with zero attached hydrogens (tertiary/aromatic N) is 3. The van der Waals surface area contributed by atoms with Crippen LogP contribution in [0, 0.1) is 21.6 Å². The second-order valence-corrected chi connectivity index (χ2v) is 4.90. The fourth-order valence-electron chi connectivity index (χ4n) is 1.08. The molecule has 0 heterocycles. The van der Waals surface area contributed by atoms with Gasteiger partial charge in [-0.3, -0.25) is 15.4 Å². The third-order valence-electron chi connectivity index (χ3n) is 1.80. The van der Waals surface area contributed by atoms with Gasteiger partial charge in [0.2, 0.25) is 0 Å². The molecule has 9 heteroatoms. The Kier molecular flexibility index (Phi) is 5.40. The van der Waals surface area contributed by atoms with Gasteiger partial charge in [0.15, 0.2) is 17.0 Å². The number of amidine groups is 1. The minimum Gasteiger partial charge on any atom is -0.271 e. The first-order chi connectivity index (χ1) is 8.51. The van der Waals surface area contributed by atoms with Crippen LogP contribution in [0.15, 0.2) is 21.6 Å². The molecule has 0 spiro atoms. The molecule has 1 N–H and O–H groups in total. The molecule has 0 aromatic heterocycles. The van der Waals surface area contributed by atoms with Crippen LogP contribution < -0.4 is 5.32 Å². The van der Waals surface area contributed by atoms with Gasteiger partial charge >= 0.3 is 5.69 Å². The summed E-state index contributed by atoms with van der Waals surface area (Å²) in [5, 5.41) is 22.0. The van der Waals surface area contributed by atoms with E-state index in [9.17, 15) is 10.1 Å². The summed E-state index contributed by atoms with van der Waals surface area (Å²) in [5.41, 5.74) is -0.239. The number of halogens is 2. The summed E-state index contributed by atoms with van der Waals surface area (Å²) in [4.78, 5) is 14.4. The Morgan fingerprint density at radius 2 is 2.39 bits per heavy atom. The molecule has 0 atom stereocenters. The number of rotatable bonds is 2. The zero-order valence-corrected chi connectivity index (χ0v) is 12.1. The van der Waals surface area contributed by atoms with Crippen LogP contribution >= 0.6 is 39.3 Å². The van der Waals surface area contributed by atoms with Gasteiger partial charge in [-0.05, 0) is 34.3 Å². The van der Waals surface area contributed by atoms with E-state index in [1.165, 1.54) is 6.07 Å². The third kappa shape index (κ3) is 3.35. The van der Waals surface area contributed by atoms with E-state index in [-0.39, 0.29) is 21.6 Å². The van der Waals surface area contributed by atoms with Crippen molar-refractivity contribution in [3.63, 3.8) is 0 Å². The Bertz CT molecular complexity index is 558. The van der Waals surface area contributed by atoms with E-state index < -0.39 is 4.92 Å². The molecule has 1 aromatic rings. The molecule has 0 unspecified atom stereocenters. The summed E-state index contributed by atoms with van der Waals surface area (Å²) in [5.74, 6) is 0. The summed E-state index contributed by atoms with van der Waals surface area (Å²) in [6.07, 6.45) is 3.39. The van der Waals surface area contributed by atoms with Crippen molar-refractivity contribution in [2.24, 2.45) is 4.99 Å². The molecular weight excluding hydrogens is 344 g/mol. The van der Waals surface area contributed by atoms with Crippen molar-refractivity contribution in [3.8, 4) is 6.19 Å². The molecule has 0 aliphatic carbocycles. The maximum Gasteiger partial charge on any atom is 0.314 e. The molecule has 0 saturated heterocycles. The average molecular weight is 350 g/mol. The maximum atomic E-state index is 11.0. The molecule has 0 fully saturated rings. The smallest absolute Gasteiger partial charge is 0.271 e. The predicted octanol–water partition coefficient (Wildman–Crippen LogP) is 3.43. The lowest BCUT2D eigenvalue weighted by Crippen LogP contribution is -2.12. The van der Waals surface area contributed by atoms with Gasteiger partial charge in [0.25, 0.3) is 0 Å². The first kappa shape index (κ1) is 14.8. The van der Waals surface area contributed by atoms with E-state index in [0.29, 0.717) is 4.47 Å². The highest BCUT2D eigenvalue weighted by Gasteiger charge is 2.21. The summed E-state index contributed by atoms with van der Waals surface area (Å²) in [6, 6.07) is 2.96. The van der Waals surface area contributed by atoms with Crippen LogP contribution in [0.5, 0.6) is 0 Å². The number of nitrogens with one attached hydrogen (secondary N) is 1. The van der Waals surface area contributed by atoms with E-state index in [0.717, 1.165) is 11.8 Å². The molecule has 94 valence electrons. The Labute approximate surface area is 120 Å². The zero-order chi connectivity index (χ0) is 13.7. The monoisotopic (exact) mass is 348 g/mol. The lowest BCUT2D eigenvalue weighted by Gasteiger charge is -2.04. The van der Waals surface area contributed by atoms with E-state index in [1.54, 1.807) is 18.5 Å². The highest BCUT2D eigenvalue weighted by atomic mass is 79.9. The fourth-order valence-corrected chi connectivity index (χ4v) is 2.04. The van der Waals surface area contributed by atoms with Crippen molar-refractivity contribution < 1.29 is 4.92 Å². The number of benzene rings is 1. The standard InChI is InChI=1S/C9H6BrClN4O2S/c1-18-9(13-4-12)14-7-5(10)2-3-6(11)8(7)15(16)17/h2-3H,1H3,(H,13,14). The minimum absolute atomic E-state index is 0.0145. The number of hydrogen-bond donors (Lipinski definition) is 1. The summed E-state index contributed by atoms with van der Waals surface area (Å²) < 4.78 is 0.421. The third-order valence-corrected chi connectivity index (χ3v) is 3.33. The van der Waals surface area contributed by atoms with Crippen molar-refractivity contribution in [3.05, 3.63) is 31.7 Å². The Hall–Kier alpha value is -1.30. The molecular formula is C9H6BrClN4O2S. The Morgan fingerprint density at radius 3 is 2.89 bits per heavy atom. The van der Waals surface area contributed by atoms with E-state index in [2.05, 4.69) is 26.2 Å². The van der Waals surface area contributed by atoms with Crippen LogP contribution in [-0.2, 0) is 0 Å². The first-order valence-corrected chi connectivity index (χ1v) is 6.81. The van der Waals surface area contributed by atoms with Gasteiger partial charge in [0.05, 0.1) is 9.40 Å². The predicted molar refractivity (Wildman–Crippen MR) is 75.2 cm³/mol. The normalized spacial score (nSPS) is 10.9. The molecule has 1 aromatic carbocycles. The number of nitriles is 1. The van der Waals surface area contributed by atoms with Crippen molar-refractivity contribution in [1.29, 1.82) is 5.26 Å². The van der Waals surface area contributed by atoms with E-state index in [1.807, 2.05) is 0 Å². The largest absolute Gasteiger partial charge is 0.314 e. The van der Waals surface area contributed by atoms with Gasteiger partial charge in [0, 0.05) is 0 Å². The number of thioether (sulfide) groups is 1. The molecule has 0 aliphatic rings. The fraction of sp³-hybridized carbons (Fsp3) is 0.111. The van der Waals surface area contributed by atoms with E-state index >= 15 is 0 Å². The summed E-state index contributed by atoms with van der Waals surface area (Å²) in [6.45, 7) is 0. The van der Waals surface area contributed by atoms with Crippen LogP contribution in [0.4, 0.5) is 11.4 Å². The average Bonchev–Trinajstić information content (AvgIpc) is 2.32. The highest BCUT2D eigenvalue weighted by molar-refractivity contribution is 9.10. The van der Waals surface area contributed by atoms with Crippen LogP contribution in [0.1, 0.15) is 0 Å². The van der Waals surface area contributed by atoms with Gasteiger partial charge in [-0.1, -0.05) is 23.4 Å². The molecule has 0 aliphatic heterocycles. The minimum atomic E-state index is -0.615. The zero-order valence-electron chi connectivity index (χ0n) is 8.98. The molecule has 0 amide bonds. The van der Waals surface area contributed by atoms with Crippen LogP contribution in [0.2, 0.25) is 5.02 Å². The summed E-state index contributed by atoms with van der Waals surface area (Å²) in [7, 11) is 0. The molecule has 18 heavy (non-hydrogen) atoms. The topological polar surface area (TPSA) is 91.3 Å². The number of nitro benzene ring substituents is 1. The SMILES string of the molecule is CSC(=Nc1c(Br)ccc(Cl)c1[N+](=O)[O-])NC#N. The van der Waals surface area contributed by atoms with E-state index in [4.69, 9.17) is 16.9 Å². The quantitative estimate of drug-likeness (QED) is 0.220. The van der Waals surface area contributed by atoms with Crippen LogP contribution in [-0.4, -0.2) is 16.3 Å². The molecule has 0 saturated carbocycles. The van der Waals surface area contributed by atoms with Gasteiger partial charge in [-0.2, -0.15) is 5.26 Å². The Balaban J connectivity index is 3.44. The number of hydrogen-bond acceptors (Lipinski definition) is 5. The second-order valence-electron chi connectivity index (χ2n) is 2.84. The van der Waals surface area contributed by atoms with Crippen molar-refractivity contribution in [2.45, 2.75) is 0 Å². The van der Waals surface area contributed by atoms with Crippen LogP contribution in [0.25, 0.3) is 0 Å². The van der Waals surface area contributed by atoms with Crippen molar-refractivity contribution >= 4 is 55.8 Å². The lowest BCUT2D eigenvalue weighted by molar-refractivity contribution is -0.383. The molecule has 6 nitrogen and oxygen atoms in total. The van der Waals surface area contributed by atoms with Gasteiger partial charge < -0.3 is 0 Å². The number of nitro groups is 1.